The molecular formula is C46H82N2O31. The monoisotopic (exact) mass is 1160 g/mol. The van der Waals surface area contributed by atoms with Crippen LogP contribution in [0.2, 0.25) is 0 Å². The van der Waals surface area contributed by atoms with Gasteiger partial charge in [-0.3, -0.25) is 0 Å². The molecule has 0 aliphatic carbocycles. The predicted octanol–water partition coefficient (Wildman–Crippen LogP) is -12.2. The number of ether oxygens (including phenoxy) is 13. The molecule has 7 fully saturated rings. The molecule has 462 valence electrons. The molecule has 7 aliphatic rings. The zero-order valence-electron chi connectivity index (χ0n) is 43.8. The van der Waals surface area contributed by atoms with Crippen LogP contribution in [0.5, 0.6) is 0 Å². The average molecular weight is 1160 g/mol. The third kappa shape index (κ3) is 13.5. The van der Waals surface area contributed by atoms with Crippen molar-refractivity contribution in [1.82, 2.24) is 0 Å². The SMILES string of the molecule is CC1OC(OC2C(N)[C@H](OCC3O[C@@H](C(C)(C)C)C(O)C(O[C@@H]4OC(CO)[C@H](O[C@@H]5OC(C)[C@H](O)C(O)C5O)C(O[C@@H]5OC(CO)[C@H](O)C(O)C5O)C4N)[C@H]3O)OC(CO)[C@@H]2O[C@@H]2OC(CO)[C@H](O)C(O)C2O)C(O)C(O)[C@@H]1O. The second kappa shape index (κ2) is 26.9. The van der Waals surface area contributed by atoms with Crippen LogP contribution in [0.15, 0.2) is 0 Å². The number of rotatable bonds is 17. The summed E-state index contributed by atoms with van der Waals surface area (Å²) in [5.74, 6) is 0. The lowest BCUT2D eigenvalue weighted by atomic mass is 9.80. The van der Waals surface area contributed by atoms with Crippen LogP contribution in [0.4, 0.5) is 0 Å². The summed E-state index contributed by atoms with van der Waals surface area (Å²) >= 11 is 0. The normalized spacial score (nSPS) is 53.2. The number of hydrogen-bond donors (Lipinski definition) is 20. The first-order chi connectivity index (χ1) is 37.1. The molecule has 7 aliphatic heterocycles. The average Bonchev–Trinajstić information content (AvgIpc) is 3.43. The van der Waals surface area contributed by atoms with E-state index in [0.717, 1.165) is 0 Å². The van der Waals surface area contributed by atoms with Crippen molar-refractivity contribution in [2.24, 2.45) is 16.9 Å². The van der Waals surface area contributed by atoms with Crippen LogP contribution in [0, 0.1) is 5.41 Å². The summed E-state index contributed by atoms with van der Waals surface area (Å²) in [7, 11) is 0. The van der Waals surface area contributed by atoms with E-state index in [0.29, 0.717) is 0 Å². The minimum Gasteiger partial charge on any atom is -0.394 e. The zero-order chi connectivity index (χ0) is 58.4. The Morgan fingerprint density at radius 1 is 0.329 bits per heavy atom. The first-order valence-corrected chi connectivity index (χ1v) is 26.0. The standard InChI is InChI=1S/C46H82N2O31/c1-11-20(53)25(58)29(62)42(68-11)75-35-16(9-52)74-41(19(48)37(35)78-45-32(65)28(61)23(56)14(7-50)72-45)79-38-24(57)17(70-39(33(38)66)46(3,4)5)10-67-40-18(47)36(77-43-30(63)26(59)21(54)12(2)69-43)34(15(8-51)73-40)76-44-31(64)27(60)22(55)13(6-49)71-44/h11-45,49-66H,6-10,47-48H2,1-5H3/t11?,12?,13?,14?,15?,16?,17?,18?,19?,20-,21+,22-,23-,24-,25?,26?,27?,28?,29?,30?,31?,32?,33?,34-,35-,36?,37?,38?,39+,40+,41-,42-,43?,44-,45-/m0/s1. The highest BCUT2D eigenvalue weighted by Crippen LogP contribution is 2.40. The van der Waals surface area contributed by atoms with Crippen LogP contribution in [0.3, 0.4) is 0 Å². The highest BCUT2D eigenvalue weighted by atomic mass is 16.8. The van der Waals surface area contributed by atoms with E-state index in [1.54, 1.807) is 20.8 Å². The molecule has 22 N–H and O–H groups in total. The Bertz CT molecular complexity index is 1880. The number of hydrogen-bond acceptors (Lipinski definition) is 33. The summed E-state index contributed by atoms with van der Waals surface area (Å²) < 4.78 is 77.5. The van der Waals surface area contributed by atoms with Crippen LogP contribution in [-0.4, -0.2) is 340 Å². The van der Waals surface area contributed by atoms with E-state index in [1.807, 2.05) is 0 Å². The Hall–Kier alpha value is -1.32. The molecule has 22 unspecified atom stereocenters. The maximum atomic E-state index is 12.1. The first kappa shape index (κ1) is 65.2. The largest absolute Gasteiger partial charge is 0.394 e. The molecule has 0 bridgehead atoms. The lowest BCUT2D eigenvalue weighted by molar-refractivity contribution is -0.382. The Labute approximate surface area is 452 Å². The molecule has 0 saturated carbocycles. The second-order valence-corrected chi connectivity index (χ2v) is 22.1. The fourth-order valence-corrected chi connectivity index (χ4v) is 10.6. The summed E-state index contributed by atoms with van der Waals surface area (Å²) in [6.45, 7) is 3.43. The van der Waals surface area contributed by atoms with E-state index in [4.69, 9.17) is 73.0 Å². The van der Waals surface area contributed by atoms with Gasteiger partial charge in [0.1, 0.15) is 146 Å². The summed E-state index contributed by atoms with van der Waals surface area (Å²) in [5.41, 5.74) is 12.6. The molecule has 0 spiro atoms. The van der Waals surface area contributed by atoms with Gasteiger partial charge in [-0.15, -0.1) is 0 Å². The Morgan fingerprint density at radius 3 is 1.05 bits per heavy atom. The van der Waals surface area contributed by atoms with Gasteiger partial charge in [-0.2, -0.15) is 0 Å². The highest BCUT2D eigenvalue weighted by Gasteiger charge is 2.58. The molecule has 0 radical (unpaired) electrons. The molecule has 0 aromatic heterocycles. The van der Waals surface area contributed by atoms with E-state index in [2.05, 4.69) is 0 Å². The molecule has 0 aromatic rings. The van der Waals surface area contributed by atoms with Gasteiger partial charge in [0.2, 0.25) is 0 Å². The smallest absolute Gasteiger partial charge is 0.187 e. The molecule has 79 heavy (non-hydrogen) atoms. The van der Waals surface area contributed by atoms with Crippen LogP contribution in [0.1, 0.15) is 34.6 Å². The van der Waals surface area contributed by atoms with E-state index in [-0.39, 0.29) is 0 Å². The van der Waals surface area contributed by atoms with E-state index >= 15 is 0 Å². The lowest BCUT2D eigenvalue weighted by Gasteiger charge is -2.52. The van der Waals surface area contributed by atoms with Crippen molar-refractivity contribution >= 4 is 0 Å². The number of nitrogens with two attached hydrogens (primary N) is 2. The number of aliphatic hydroxyl groups is 18. The van der Waals surface area contributed by atoms with E-state index in [9.17, 15) is 91.9 Å². The van der Waals surface area contributed by atoms with Gasteiger partial charge in [-0.05, 0) is 19.3 Å². The van der Waals surface area contributed by atoms with Gasteiger partial charge in [-0.1, -0.05) is 20.8 Å². The van der Waals surface area contributed by atoms with Crippen LogP contribution in [0.25, 0.3) is 0 Å². The van der Waals surface area contributed by atoms with Gasteiger partial charge in [0.25, 0.3) is 0 Å². The summed E-state index contributed by atoms with van der Waals surface area (Å²) in [6, 6.07) is -3.29. The van der Waals surface area contributed by atoms with E-state index < -0.39 is 253 Å². The molecule has 0 amide bonds. The topological polar surface area (TPSA) is 536 Å². The van der Waals surface area contributed by atoms with Crippen molar-refractivity contribution in [3.63, 3.8) is 0 Å². The van der Waals surface area contributed by atoms with E-state index in [1.165, 1.54) is 13.8 Å². The molecular weight excluding hydrogens is 1080 g/mol. The van der Waals surface area contributed by atoms with Crippen LogP contribution in [-0.2, 0) is 61.6 Å². The fraction of sp³-hybridized carbons (Fsp3) is 1.00. The first-order valence-electron chi connectivity index (χ1n) is 26.0. The van der Waals surface area contributed by atoms with Crippen molar-refractivity contribution in [2.45, 2.75) is 249 Å². The minimum atomic E-state index is -2.03. The number of aliphatic hydroxyl groups excluding tert-OH is 18. The van der Waals surface area contributed by atoms with Gasteiger partial charge >= 0.3 is 0 Å². The van der Waals surface area contributed by atoms with Crippen LogP contribution >= 0.6 is 0 Å². The predicted molar refractivity (Wildman–Crippen MR) is 250 cm³/mol. The molecule has 7 saturated heterocycles. The molecule has 35 atom stereocenters. The Balaban J connectivity index is 1.15. The summed E-state index contributed by atoms with van der Waals surface area (Å²) in [4.78, 5) is 0. The zero-order valence-corrected chi connectivity index (χ0v) is 43.8. The third-order valence-corrected chi connectivity index (χ3v) is 15.5. The molecule has 0 aromatic carbocycles. The van der Waals surface area contributed by atoms with Crippen molar-refractivity contribution in [2.75, 3.05) is 33.0 Å². The van der Waals surface area contributed by atoms with Gasteiger partial charge < -0.3 is 165 Å². The molecule has 7 rings (SSSR count). The van der Waals surface area contributed by atoms with Gasteiger partial charge in [0.15, 0.2) is 37.7 Å². The van der Waals surface area contributed by atoms with Crippen molar-refractivity contribution in [1.29, 1.82) is 0 Å². The van der Waals surface area contributed by atoms with Crippen molar-refractivity contribution < 1.29 is 153 Å². The third-order valence-electron chi connectivity index (χ3n) is 15.5. The lowest BCUT2D eigenvalue weighted by Crippen LogP contribution is -2.70. The highest BCUT2D eigenvalue weighted by molar-refractivity contribution is 5.03. The second-order valence-electron chi connectivity index (χ2n) is 22.1. The molecule has 7 heterocycles. The Morgan fingerprint density at radius 2 is 0.658 bits per heavy atom. The van der Waals surface area contributed by atoms with Gasteiger partial charge in [0, 0.05) is 0 Å². The maximum absolute atomic E-state index is 12.1. The Kier molecular flexibility index (Phi) is 22.2. The molecule has 33 heteroatoms. The van der Waals surface area contributed by atoms with Crippen molar-refractivity contribution in [3.05, 3.63) is 0 Å². The molecule has 33 nitrogen and oxygen atoms in total. The minimum absolute atomic E-state index is 0.690. The summed E-state index contributed by atoms with van der Waals surface area (Å²) in [5, 5.41) is 193. The fourth-order valence-electron chi connectivity index (χ4n) is 10.6. The van der Waals surface area contributed by atoms with Crippen molar-refractivity contribution in [3.8, 4) is 0 Å². The van der Waals surface area contributed by atoms with Gasteiger partial charge in [0.05, 0.1) is 63.4 Å². The van der Waals surface area contributed by atoms with Gasteiger partial charge in [-0.25, -0.2) is 0 Å². The quantitative estimate of drug-likeness (QED) is 0.0643. The maximum Gasteiger partial charge on any atom is 0.187 e. The van der Waals surface area contributed by atoms with Crippen LogP contribution < -0.4 is 11.5 Å². The summed E-state index contributed by atoms with van der Waals surface area (Å²) in [6.07, 6.45) is -56.4.